The minimum atomic E-state index is -5.08. The van der Waals surface area contributed by atoms with Crippen molar-refractivity contribution in [1.82, 2.24) is 10.2 Å². The largest absolute Gasteiger partial charge is 0.490 e. The summed E-state index contributed by atoms with van der Waals surface area (Å²) in [5, 5.41) is 11.2. The number of rotatable bonds is 6. The fraction of sp³-hybridized carbons (Fsp3) is 0.290. The molecule has 12 heteroatoms. The van der Waals surface area contributed by atoms with Crippen LogP contribution in [0.1, 0.15) is 24.1 Å². The van der Waals surface area contributed by atoms with Gasteiger partial charge in [-0.1, -0.05) is 78.3 Å². The molecule has 2 saturated heterocycles. The molecule has 0 saturated carbocycles. The number of fused-ring (bicyclic) bond motifs is 1. The first kappa shape index (κ1) is 31.7. The number of amides is 2. The first-order valence-electron chi connectivity index (χ1n) is 13.2. The van der Waals surface area contributed by atoms with Gasteiger partial charge in [-0.2, -0.15) is 13.2 Å². The summed E-state index contributed by atoms with van der Waals surface area (Å²) in [6.07, 6.45) is -4.85. The Morgan fingerprint density at radius 2 is 1.60 bits per heavy atom. The number of nitrogens with one attached hydrogen (secondary N) is 1. The molecule has 4 atom stereocenters. The number of imide groups is 1. The number of alkyl halides is 3. The lowest BCUT2D eigenvalue weighted by molar-refractivity contribution is -0.192. The third kappa shape index (κ3) is 6.28. The number of benzene rings is 3. The molecule has 2 fully saturated rings. The number of carboxylic acids is 1. The number of nitrogens with zero attached hydrogens (tertiary/aromatic N) is 1. The molecule has 0 aromatic heterocycles. The fourth-order valence-corrected chi connectivity index (χ4v) is 5.92. The van der Waals surface area contributed by atoms with Crippen LogP contribution >= 0.6 is 11.6 Å². The highest BCUT2D eigenvalue weighted by Gasteiger charge is 2.68. The molecule has 2 heterocycles. The van der Waals surface area contributed by atoms with Gasteiger partial charge in [0.2, 0.25) is 11.8 Å². The second-order valence-corrected chi connectivity index (χ2v) is 10.5. The fourth-order valence-electron chi connectivity index (χ4n) is 5.73. The van der Waals surface area contributed by atoms with Gasteiger partial charge in [0.15, 0.2) is 0 Å². The van der Waals surface area contributed by atoms with Crippen molar-refractivity contribution >= 4 is 35.4 Å². The number of carboxylic acid groups (broad SMARTS) is 1. The van der Waals surface area contributed by atoms with Gasteiger partial charge >= 0.3 is 18.1 Å². The lowest BCUT2D eigenvalue weighted by Gasteiger charge is -2.32. The van der Waals surface area contributed by atoms with Gasteiger partial charge in [-0.3, -0.25) is 24.6 Å². The van der Waals surface area contributed by atoms with Crippen LogP contribution in [-0.4, -0.2) is 59.1 Å². The number of likely N-dealkylation sites (tertiary alicyclic amines) is 1. The second kappa shape index (κ2) is 12.6. The first-order valence-corrected chi connectivity index (χ1v) is 13.6. The standard InChI is InChI=1S/C29H27ClN2O4.C2HF3O2/c1-3-32-26(33)23-24(27(32)34)29(28(35)36-2,17-18-8-5-4-6-9-18)31-25(23)20-14-12-19(13-15-20)21-10-7-11-22(30)16-21;3-2(4,5)1(6)7/h4-16,23-25,31H,3,17H2,1-2H3;(H,6,7)/t23?,24?,25?,29-;/m1./s1. The van der Waals surface area contributed by atoms with Crippen LogP contribution in [0.5, 0.6) is 0 Å². The first-order chi connectivity index (χ1) is 20.3. The molecular weight excluding hydrogens is 589 g/mol. The molecule has 0 bridgehead atoms. The van der Waals surface area contributed by atoms with Crippen LogP contribution in [0.15, 0.2) is 78.9 Å². The molecule has 8 nitrogen and oxygen atoms in total. The zero-order chi connectivity index (χ0) is 31.5. The van der Waals surface area contributed by atoms with E-state index in [0.717, 1.165) is 22.3 Å². The van der Waals surface area contributed by atoms with E-state index in [2.05, 4.69) is 5.32 Å². The van der Waals surface area contributed by atoms with Crippen molar-refractivity contribution in [2.24, 2.45) is 11.8 Å². The van der Waals surface area contributed by atoms with Crippen LogP contribution in [0.4, 0.5) is 13.2 Å². The van der Waals surface area contributed by atoms with E-state index in [4.69, 9.17) is 26.2 Å². The number of ether oxygens (including phenoxy) is 1. The topological polar surface area (TPSA) is 113 Å². The van der Waals surface area contributed by atoms with Crippen LogP contribution in [0.3, 0.4) is 0 Å². The summed E-state index contributed by atoms with van der Waals surface area (Å²) in [5.74, 6) is -5.47. The van der Waals surface area contributed by atoms with Crippen LogP contribution in [0.25, 0.3) is 11.1 Å². The summed E-state index contributed by atoms with van der Waals surface area (Å²) in [7, 11) is 1.32. The maximum Gasteiger partial charge on any atom is 0.490 e. The highest BCUT2D eigenvalue weighted by atomic mass is 35.5. The summed E-state index contributed by atoms with van der Waals surface area (Å²) in [6, 6.07) is 24.3. The molecule has 0 aliphatic carbocycles. The number of hydrogen-bond donors (Lipinski definition) is 2. The van der Waals surface area contributed by atoms with Crippen LogP contribution < -0.4 is 5.32 Å². The summed E-state index contributed by atoms with van der Waals surface area (Å²) < 4.78 is 37.0. The van der Waals surface area contributed by atoms with Crippen molar-refractivity contribution < 1.29 is 42.2 Å². The van der Waals surface area contributed by atoms with Crippen molar-refractivity contribution in [3.63, 3.8) is 0 Å². The number of methoxy groups -OCH3 is 1. The monoisotopic (exact) mass is 616 g/mol. The van der Waals surface area contributed by atoms with Gasteiger partial charge in [0.1, 0.15) is 5.54 Å². The Labute approximate surface area is 250 Å². The lowest BCUT2D eigenvalue weighted by Crippen LogP contribution is -2.57. The molecule has 3 aromatic rings. The maximum atomic E-state index is 13.5. The summed E-state index contributed by atoms with van der Waals surface area (Å²) >= 11 is 6.16. The zero-order valence-electron chi connectivity index (χ0n) is 23.1. The van der Waals surface area contributed by atoms with E-state index in [1.807, 2.05) is 78.9 Å². The molecular formula is C31H28ClF3N2O6. The highest BCUT2D eigenvalue weighted by Crippen LogP contribution is 2.50. The van der Waals surface area contributed by atoms with Crippen molar-refractivity contribution in [2.75, 3.05) is 13.7 Å². The molecule has 2 aliphatic heterocycles. The third-order valence-electron chi connectivity index (χ3n) is 7.61. The normalized spacial score (nSPS) is 22.9. The Morgan fingerprint density at radius 3 is 2.14 bits per heavy atom. The smallest absolute Gasteiger partial charge is 0.475 e. The van der Waals surface area contributed by atoms with Gasteiger partial charge in [-0.05, 0) is 41.3 Å². The SMILES string of the molecule is CCN1C(=O)C2C(c3ccc(-c4cccc(Cl)c4)cc3)N[C@@](Cc3ccccc3)(C(=O)OC)C2C1=O.O=C(O)C(F)(F)F. The Bertz CT molecular complexity index is 1520. The van der Waals surface area contributed by atoms with Crippen LogP contribution in [0, 0.1) is 11.8 Å². The number of carbonyl (C=O) groups excluding carboxylic acids is 3. The number of aliphatic carboxylic acids is 1. The second-order valence-electron chi connectivity index (χ2n) is 10.1. The van der Waals surface area contributed by atoms with Crippen LogP contribution in [-0.2, 0) is 30.3 Å². The van der Waals surface area contributed by atoms with E-state index in [1.165, 1.54) is 12.0 Å². The van der Waals surface area contributed by atoms with Gasteiger partial charge < -0.3 is 9.84 Å². The number of esters is 1. The number of hydrogen-bond acceptors (Lipinski definition) is 6. The molecule has 3 unspecified atom stereocenters. The lowest BCUT2D eigenvalue weighted by atomic mass is 9.76. The van der Waals surface area contributed by atoms with Gasteiger partial charge in [0.25, 0.3) is 0 Å². The average Bonchev–Trinajstić information content (AvgIpc) is 3.46. The van der Waals surface area contributed by atoms with E-state index in [0.29, 0.717) is 5.02 Å². The molecule has 0 spiro atoms. The molecule has 0 radical (unpaired) electrons. The Hall–Kier alpha value is -4.22. The van der Waals surface area contributed by atoms with Gasteiger partial charge in [-0.25, -0.2) is 4.79 Å². The van der Waals surface area contributed by atoms with Gasteiger partial charge in [0, 0.05) is 24.0 Å². The van der Waals surface area contributed by atoms with Crippen molar-refractivity contribution in [1.29, 1.82) is 0 Å². The summed E-state index contributed by atoms with van der Waals surface area (Å²) in [4.78, 5) is 50.6. The third-order valence-corrected chi connectivity index (χ3v) is 7.84. The molecule has 5 rings (SSSR count). The Morgan fingerprint density at radius 1 is 0.977 bits per heavy atom. The molecule has 2 aliphatic rings. The molecule has 2 N–H and O–H groups in total. The molecule has 226 valence electrons. The minimum absolute atomic E-state index is 0.232. The Balaban J connectivity index is 0.000000541. The maximum absolute atomic E-state index is 13.5. The quantitative estimate of drug-likeness (QED) is 0.294. The van der Waals surface area contributed by atoms with E-state index in [1.54, 1.807) is 6.92 Å². The Kier molecular flexibility index (Phi) is 9.26. The van der Waals surface area contributed by atoms with Gasteiger partial charge in [-0.15, -0.1) is 0 Å². The number of halogens is 4. The summed E-state index contributed by atoms with van der Waals surface area (Å²) in [6.45, 7) is 2.03. The number of carbonyl (C=O) groups is 4. The summed E-state index contributed by atoms with van der Waals surface area (Å²) in [5.41, 5.74) is 2.29. The zero-order valence-corrected chi connectivity index (χ0v) is 23.9. The van der Waals surface area contributed by atoms with Crippen LogP contribution in [0.2, 0.25) is 5.02 Å². The predicted octanol–water partition coefficient (Wildman–Crippen LogP) is 5.06. The van der Waals surface area contributed by atoms with E-state index in [-0.39, 0.29) is 24.8 Å². The van der Waals surface area contributed by atoms with Gasteiger partial charge in [0.05, 0.1) is 18.9 Å². The van der Waals surface area contributed by atoms with E-state index >= 15 is 0 Å². The molecule has 43 heavy (non-hydrogen) atoms. The average molecular weight is 617 g/mol. The minimum Gasteiger partial charge on any atom is -0.475 e. The van der Waals surface area contributed by atoms with Crippen molar-refractivity contribution in [2.45, 2.75) is 31.1 Å². The molecule has 2 amide bonds. The highest BCUT2D eigenvalue weighted by molar-refractivity contribution is 6.30. The van der Waals surface area contributed by atoms with E-state index < -0.39 is 41.5 Å². The predicted molar refractivity (Wildman–Crippen MR) is 151 cm³/mol. The van der Waals surface area contributed by atoms with Crippen molar-refractivity contribution in [3.05, 3.63) is 95.0 Å². The molecule has 3 aromatic carbocycles. The van der Waals surface area contributed by atoms with Crippen molar-refractivity contribution in [3.8, 4) is 11.1 Å². The van der Waals surface area contributed by atoms with E-state index in [9.17, 15) is 27.6 Å².